The highest BCUT2D eigenvalue weighted by molar-refractivity contribution is 6.31. The molecule has 0 radical (unpaired) electrons. The normalized spacial score (nSPS) is 15.1. The third-order valence-electron chi connectivity index (χ3n) is 4.27. The maximum Gasteiger partial charge on any atom is 0.335 e. The minimum atomic E-state index is -1.04. The molecular formula is C21H13ClN2O5. The lowest BCUT2D eigenvalue weighted by atomic mass is 10.1. The molecule has 3 aromatic rings. The number of carboxylic acids is 1. The first kappa shape index (κ1) is 18.5. The summed E-state index contributed by atoms with van der Waals surface area (Å²) < 4.78 is 5.70. The summed E-state index contributed by atoms with van der Waals surface area (Å²) in [6.07, 6.45) is 1.42. The minimum absolute atomic E-state index is 0.0603. The fourth-order valence-corrected chi connectivity index (χ4v) is 3.02. The molecule has 1 aromatic heterocycles. The van der Waals surface area contributed by atoms with Crippen molar-refractivity contribution in [2.45, 2.75) is 0 Å². The van der Waals surface area contributed by atoms with Gasteiger partial charge in [-0.3, -0.25) is 4.79 Å². The number of amides is 3. The van der Waals surface area contributed by atoms with Gasteiger partial charge in [0.2, 0.25) is 0 Å². The second kappa shape index (κ2) is 7.29. The van der Waals surface area contributed by atoms with Gasteiger partial charge in [0.15, 0.2) is 0 Å². The van der Waals surface area contributed by atoms with Gasteiger partial charge >= 0.3 is 12.0 Å². The molecule has 144 valence electrons. The number of hydrogen-bond acceptors (Lipinski definition) is 4. The van der Waals surface area contributed by atoms with Crippen molar-refractivity contribution < 1.29 is 23.9 Å². The second-order valence-corrected chi connectivity index (χ2v) is 6.63. The van der Waals surface area contributed by atoms with Crippen LogP contribution in [0.15, 0.2) is 70.8 Å². The Balaban J connectivity index is 1.60. The van der Waals surface area contributed by atoms with Crippen molar-refractivity contribution in [1.82, 2.24) is 5.32 Å². The number of imide groups is 1. The molecule has 1 fully saturated rings. The van der Waals surface area contributed by atoms with E-state index < -0.39 is 17.9 Å². The van der Waals surface area contributed by atoms with Crippen molar-refractivity contribution in [3.8, 4) is 11.3 Å². The van der Waals surface area contributed by atoms with Crippen molar-refractivity contribution in [3.63, 3.8) is 0 Å². The average molecular weight is 409 g/mol. The van der Waals surface area contributed by atoms with Gasteiger partial charge in [0.25, 0.3) is 5.91 Å². The van der Waals surface area contributed by atoms with E-state index in [1.165, 1.54) is 18.2 Å². The summed E-state index contributed by atoms with van der Waals surface area (Å²) in [5.74, 6) is -0.793. The zero-order valence-electron chi connectivity index (χ0n) is 14.8. The van der Waals surface area contributed by atoms with Crippen LogP contribution in [-0.4, -0.2) is 23.0 Å². The lowest BCUT2D eigenvalue weighted by Crippen LogP contribution is -2.30. The van der Waals surface area contributed by atoms with Gasteiger partial charge in [-0.2, -0.15) is 0 Å². The molecule has 0 saturated carbocycles. The van der Waals surface area contributed by atoms with E-state index in [1.807, 2.05) is 0 Å². The molecule has 2 aromatic carbocycles. The van der Waals surface area contributed by atoms with Crippen LogP contribution in [0.2, 0.25) is 5.02 Å². The summed E-state index contributed by atoms with van der Waals surface area (Å²) in [7, 11) is 0. The first-order valence-electron chi connectivity index (χ1n) is 8.48. The van der Waals surface area contributed by atoms with Gasteiger partial charge in [-0.1, -0.05) is 23.7 Å². The molecule has 0 aliphatic carbocycles. The maximum absolute atomic E-state index is 12.6. The molecule has 2 heterocycles. The second-order valence-electron chi connectivity index (χ2n) is 6.19. The Kier molecular flexibility index (Phi) is 4.66. The first-order valence-corrected chi connectivity index (χ1v) is 8.86. The molecular weight excluding hydrogens is 396 g/mol. The monoisotopic (exact) mass is 408 g/mol. The summed E-state index contributed by atoms with van der Waals surface area (Å²) in [5, 5.41) is 12.1. The molecule has 1 aliphatic rings. The standard InChI is InChI=1S/C21H13ClN2O5/c22-14-4-6-15(7-5-14)24-19(25)17(23-21(24)28)11-16-8-9-18(29-16)12-2-1-3-13(10-12)20(26)27/h1-11H,(H,23,28)(H,26,27)/b17-11-. The molecule has 1 saturated heterocycles. The van der Waals surface area contributed by atoms with Gasteiger partial charge < -0.3 is 14.8 Å². The molecule has 0 spiro atoms. The fourth-order valence-electron chi connectivity index (χ4n) is 2.89. The van der Waals surface area contributed by atoms with E-state index in [2.05, 4.69) is 5.32 Å². The topological polar surface area (TPSA) is 99.9 Å². The van der Waals surface area contributed by atoms with Gasteiger partial charge in [-0.15, -0.1) is 0 Å². The van der Waals surface area contributed by atoms with Gasteiger partial charge in [0.05, 0.1) is 11.3 Å². The van der Waals surface area contributed by atoms with Crippen LogP contribution in [-0.2, 0) is 4.79 Å². The quantitative estimate of drug-likeness (QED) is 0.492. The van der Waals surface area contributed by atoms with Crippen molar-refractivity contribution >= 4 is 41.3 Å². The summed E-state index contributed by atoms with van der Waals surface area (Å²) in [6, 6.07) is 15.3. The number of hydrogen-bond donors (Lipinski definition) is 2. The molecule has 4 rings (SSSR count). The largest absolute Gasteiger partial charge is 0.478 e. The Morgan fingerprint density at radius 3 is 2.55 bits per heavy atom. The number of halogens is 1. The molecule has 3 amide bonds. The van der Waals surface area contributed by atoms with Crippen LogP contribution in [0, 0.1) is 0 Å². The Bertz CT molecular complexity index is 1160. The highest BCUT2D eigenvalue weighted by Gasteiger charge is 2.35. The Morgan fingerprint density at radius 2 is 1.83 bits per heavy atom. The van der Waals surface area contributed by atoms with E-state index in [4.69, 9.17) is 21.1 Å². The van der Waals surface area contributed by atoms with E-state index in [1.54, 1.807) is 48.5 Å². The highest BCUT2D eigenvalue weighted by atomic mass is 35.5. The number of furan rings is 1. The van der Waals surface area contributed by atoms with Crippen LogP contribution in [0.5, 0.6) is 0 Å². The molecule has 1 aliphatic heterocycles. The van der Waals surface area contributed by atoms with Crippen LogP contribution >= 0.6 is 11.6 Å². The van der Waals surface area contributed by atoms with Gasteiger partial charge in [0, 0.05) is 16.7 Å². The average Bonchev–Trinajstić information content (AvgIpc) is 3.28. The lowest BCUT2D eigenvalue weighted by molar-refractivity contribution is -0.113. The van der Waals surface area contributed by atoms with Crippen LogP contribution < -0.4 is 10.2 Å². The number of nitrogens with one attached hydrogen (secondary N) is 1. The number of rotatable bonds is 4. The zero-order valence-corrected chi connectivity index (χ0v) is 15.5. The highest BCUT2D eigenvalue weighted by Crippen LogP contribution is 2.27. The van der Waals surface area contributed by atoms with E-state index >= 15 is 0 Å². The van der Waals surface area contributed by atoms with Crippen molar-refractivity contribution in [2.75, 3.05) is 4.90 Å². The van der Waals surface area contributed by atoms with Crippen LogP contribution in [0.25, 0.3) is 17.4 Å². The summed E-state index contributed by atoms with van der Waals surface area (Å²) in [4.78, 5) is 37.0. The van der Waals surface area contributed by atoms with Gasteiger partial charge in [0.1, 0.15) is 17.2 Å². The number of carbonyl (C=O) groups excluding carboxylic acids is 2. The lowest BCUT2D eigenvalue weighted by Gasteiger charge is -2.11. The van der Waals surface area contributed by atoms with Gasteiger partial charge in [-0.05, 0) is 48.5 Å². The summed E-state index contributed by atoms with van der Waals surface area (Å²) in [6.45, 7) is 0. The number of benzene rings is 2. The SMILES string of the molecule is O=C(O)c1cccc(-c2ccc(/C=C3\NC(=O)N(c4ccc(Cl)cc4)C3=O)o2)c1. The number of nitrogens with zero attached hydrogens (tertiary/aromatic N) is 1. The number of carbonyl (C=O) groups is 3. The van der Waals surface area contributed by atoms with Crippen molar-refractivity contribution in [2.24, 2.45) is 0 Å². The Labute approximate surface area is 169 Å². The number of carboxylic acid groups (broad SMARTS) is 1. The predicted molar refractivity (Wildman–Crippen MR) is 107 cm³/mol. The van der Waals surface area contributed by atoms with Gasteiger partial charge in [-0.25, -0.2) is 14.5 Å². The summed E-state index contributed by atoms with van der Waals surface area (Å²) in [5.41, 5.74) is 1.17. The predicted octanol–water partition coefficient (Wildman–Crippen LogP) is 4.40. The van der Waals surface area contributed by atoms with Crippen molar-refractivity contribution in [1.29, 1.82) is 0 Å². The van der Waals surface area contributed by atoms with E-state index in [0.717, 1.165) is 4.90 Å². The molecule has 0 bridgehead atoms. The number of anilines is 1. The first-order chi connectivity index (χ1) is 13.9. The zero-order chi connectivity index (χ0) is 20.5. The van der Waals surface area contributed by atoms with Crippen molar-refractivity contribution in [3.05, 3.63) is 82.7 Å². The molecule has 29 heavy (non-hydrogen) atoms. The minimum Gasteiger partial charge on any atom is -0.478 e. The molecule has 7 nitrogen and oxygen atoms in total. The molecule has 0 unspecified atom stereocenters. The van der Waals surface area contributed by atoms with Crippen LogP contribution in [0.1, 0.15) is 16.1 Å². The van der Waals surface area contributed by atoms with E-state index in [-0.39, 0.29) is 11.3 Å². The summed E-state index contributed by atoms with van der Waals surface area (Å²) >= 11 is 5.85. The van der Waals surface area contributed by atoms with Crippen LogP contribution in [0.4, 0.5) is 10.5 Å². The molecule has 2 N–H and O–H groups in total. The fraction of sp³-hybridized carbons (Fsp3) is 0. The Morgan fingerprint density at radius 1 is 1.07 bits per heavy atom. The number of urea groups is 1. The van der Waals surface area contributed by atoms with Crippen LogP contribution in [0.3, 0.4) is 0 Å². The smallest absolute Gasteiger partial charge is 0.335 e. The third-order valence-corrected chi connectivity index (χ3v) is 4.52. The Hall–Kier alpha value is -3.84. The number of aromatic carboxylic acids is 1. The van der Waals surface area contributed by atoms with E-state index in [0.29, 0.717) is 27.8 Å². The third kappa shape index (κ3) is 3.63. The molecule has 0 atom stereocenters. The maximum atomic E-state index is 12.6. The van der Waals surface area contributed by atoms with E-state index in [9.17, 15) is 14.4 Å². The molecule has 8 heteroatoms.